The molecule has 3 aromatic carbocycles. The van der Waals surface area contributed by atoms with Crippen LogP contribution >= 0.6 is 0 Å². The lowest BCUT2D eigenvalue weighted by molar-refractivity contribution is 0.483. The van der Waals surface area contributed by atoms with Gasteiger partial charge in [-0.3, -0.25) is 25.0 Å². The van der Waals surface area contributed by atoms with Gasteiger partial charge < -0.3 is 0 Å². The summed E-state index contributed by atoms with van der Waals surface area (Å²) in [5, 5.41) is 7.54. The van der Waals surface area contributed by atoms with Crippen molar-refractivity contribution < 1.29 is 13.0 Å². The molecule has 30 heavy (non-hydrogen) atoms. The number of rotatable bonds is 5. The molecule has 0 fully saturated rings. The Bertz CT molecular complexity index is 1420. The van der Waals surface area contributed by atoms with Crippen molar-refractivity contribution in [1.82, 2.24) is 0 Å². The molecule has 0 aliphatic heterocycles. The zero-order chi connectivity index (χ0) is 21.9. The SMILES string of the molecule is Cc1ccc(NN=c2c(=O)ccc(=NNc3ccc(S(=O)(=O)O)cc3)c2=O)cc1C. The Balaban J connectivity index is 1.91. The molecule has 0 amide bonds. The van der Waals surface area contributed by atoms with Gasteiger partial charge in [-0.2, -0.15) is 18.6 Å². The van der Waals surface area contributed by atoms with Gasteiger partial charge in [0.1, 0.15) is 5.36 Å². The van der Waals surface area contributed by atoms with E-state index in [1.807, 2.05) is 26.0 Å². The third-order valence-corrected chi connectivity index (χ3v) is 5.20. The Morgan fingerprint density at radius 2 is 1.43 bits per heavy atom. The van der Waals surface area contributed by atoms with E-state index in [1.165, 1.54) is 36.4 Å². The van der Waals surface area contributed by atoms with Crippen LogP contribution in [0.25, 0.3) is 0 Å². The second-order valence-corrected chi connectivity index (χ2v) is 7.93. The molecule has 3 rings (SSSR count). The number of hydrogen-bond donors (Lipinski definition) is 3. The standard InChI is InChI=1S/C20H18N4O5S/c1-12-3-4-15(11-13(12)2)22-24-19-18(25)10-9-17(20(19)26)23-21-14-5-7-16(8-6-14)30(27,28)29/h3-11,21-22H,1-2H3,(H,27,28,29). The summed E-state index contributed by atoms with van der Waals surface area (Å²) in [6.45, 7) is 3.91. The summed E-state index contributed by atoms with van der Waals surface area (Å²) < 4.78 is 31.1. The molecule has 0 atom stereocenters. The molecule has 0 aliphatic carbocycles. The predicted molar refractivity (Wildman–Crippen MR) is 112 cm³/mol. The van der Waals surface area contributed by atoms with Crippen molar-refractivity contribution in [3.8, 4) is 0 Å². The molecule has 3 N–H and O–H groups in total. The fourth-order valence-electron chi connectivity index (χ4n) is 2.49. The lowest BCUT2D eigenvalue weighted by Crippen LogP contribution is -2.47. The van der Waals surface area contributed by atoms with E-state index < -0.39 is 21.0 Å². The summed E-state index contributed by atoms with van der Waals surface area (Å²) >= 11 is 0. The van der Waals surface area contributed by atoms with Crippen LogP contribution in [0.4, 0.5) is 11.4 Å². The van der Waals surface area contributed by atoms with E-state index in [-0.39, 0.29) is 15.6 Å². The van der Waals surface area contributed by atoms with Gasteiger partial charge in [-0.05, 0) is 73.5 Å². The van der Waals surface area contributed by atoms with Crippen molar-refractivity contribution in [3.05, 3.63) is 96.9 Å². The fraction of sp³-hybridized carbons (Fsp3) is 0.100. The number of nitrogens with zero attached hydrogens (tertiary/aromatic N) is 2. The number of aryl methyl sites for hydroxylation is 2. The molecule has 3 aromatic rings. The second-order valence-electron chi connectivity index (χ2n) is 6.51. The van der Waals surface area contributed by atoms with Crippen LogP contribution in [0.2, 0.25) is 0 Å². The first kappa shape index (κ1) is 21.1. The van der Waals surface area contributed by atoms with E-state index in [9.17, 15) is 18.0 Å². The average molecular weight is 426 g/mol. The van der Waals surface area contributed by atoms with E-state index in [2.05, 4.69) is 21.1 Å². The van der Waals surface area contributed by atoms with Crippen LogP contribution in [0.5, 0.6) is 0 Å². The highest BCUT2D eigenvalue weighted by Gasteiger charge is 2.08. The first-order chi connectivity index (χ1) is 14.1. The monoisotopic (exact) mass is 426 g/mol. The third kappa shape index (κ3) is 4.85. The smallest absolute Gasteiger partial charge is 0.287 e. The van der Waals surface area contributed by atoms with Gasteiger partial charge in [0.05, 0.1) is 16.3 Å². The van der Waals surface area contributed by atoms with E-state index in [1.54, 1.807) is 6.07 Å². The van der Waals surface area contributed by atoms with Crippen LogP contribution in [0, 0.1) is 13.8 Å². The van der Waals surface area contributed by atoms with Crippen LogP contribution in [-0.2, 0) is 10.1 Å². The molecule has 9 nitrogen and oxygen atoms in total. The van der Waals surface area contributed by atoms with Crippen molar-refractivity contribution in [2.75, 3.05) is 10.9 Å². The second kappa shape index (κ2) is 8.39. The van der Waals surface area contributed by atoms with E-state index in [0.717, 1.165) is 11.1 Å². The fourth-order valence-corrected chi connectivity index (χ4v) is 2.97. The van der Waals surface area contributed by atoms with Crippen molar-refractivity contribution >= 4 is 21.5 Å². The van der Waals surface area contributed by atoms with Crippen molar-refractivity contribution in [2.45, 2.75) is 18.7 Å². The highest BCUT2D eigenvalue weighted by atomic mass is 32.2. The Morgan fingerprint density at radius 1 is 0.800 bits per heavy atom. The van der Waals surface area contributed by atoms with E-state index >= 15 is 0 Å². The number of benzene rings is 3. The van der Waals surface area contributed by atoms with Gasteiger partial charge >= 0.3 is 0 Å². The summed E-state index contributed by atoms with van der Waals surface area (Å²) in [7, 11) is -4.30. The van der Waals surface area contributed by atoms with Gasteiger partial charge in [-0.25, -0.2) is 0 Å². The molecule has 0 unspecified atom stereocenters. The molecular weight excluding hydrogens is 408 g/mol. The maximum Gasteiger partial charge on any atom is 0.294 e. The molecule has 0 aliphatic rings. The van der Waals surface area contributed by atoms with Crippen LogP contribution in [0.3, 0.4) is 0 Å². The highest BCUT2D eigenvalue weighted by molar-refractivity contribution is 7.85. The van der Waals surface area contributed by atoms with E-state index in [0.29, 0.717) is 11.4 Å². The van der Waals surface area contributed by atoms with Gasteiger partial charge in [0.15, 0.2) is 5.36 Å². The largest absolute Gasteiger partial charge is 0.294 e. The van der Waals surface area contributed by atoms with Gasteiger partial charge in [-0.15, -0.1) is 0 Å². The maximum atomic E-state index is 12.6. The molecule has 10 heteroatoms. The normalized spacial score (nSPS) is 12.8. The van der Waals surface area contributed by atoms with Gasteiger partial charge in [-0.1, -0.05) is 6.07 Å². The summed E-state index contributed by atoms with van der Waals surface area (Å²) in [5.41, 5.74) is 7.25. The van der Waals surface area contributed by atoms with Crippen LogP contribution in [-0.4, -0.2) is 13.0 Å². The molecule has 0 spiro atoms. The van der Waals surface area contributed by atoms with E-state index in [4.69, 9.17) is 4.55 Å². The van der Waals surface area contributed by atoms with Gasteiger partial charge in [0.25, 0.3) is 10.1 Å². The van der Waals surface area contributed by atoms with Crippen LogP contribution in [0.1, 0.15) is 11.1 Å². The molecule has 0 saturated carbocycles. The lowest BCUT2D eigenvalue weighted by atomic mass is 10.1. The first-order valence-corrected chi connectivity index (χ1v) is 10.2. The zero-order valence-electron chi connectivity index (χ0n) is 16.1. The highest BCUT2D eigenvalue weighted by Crippen LogP contribution is 2.14. The number of anilines is 2. The van der Waals surface area contributed by atoms with Gasteiger partial charge in [0.2, 0.25) is 10.9 Å². The summed E-state index contributed by atoms with van der Waals surface area (Å²) in [6.07, 6.45) is 0. The summed E-state index contributed by atoms with van der Waals surface area (Å²) in [6, 6.07) is 13.1. The molecule has 0 aromatic heterocycles. The molecule has 0 radical (unpaired) electrons. The lowest BCUT2D eigenvalue weighted by Gasteiger charge is -2.03. The quantitative estimate of drug-likeness (QED) is 0.409. The van der Waals surface area contributed by atoms with Crippen LogP contribution in [0.15, 0.2) is 79.3 Å². The minimum atomic E-state index is -4.30. The maximum absolute atomic E-state index is 12.6. The molecular formula is C20H18N4O5S. The van der Waals surface area contributed by atoms with Crippen molar-refractivity contribution in [2.24, 2.45) is 10.2 Å². The molecule has 0 bridgehead atoms. The third-order valence-electron chi connectivity index (χ3n) is 4.34. The summed E-state index contributed by atoms with van der Waals surface area (Å²) in [4.78, 5) is 24.4. The Morgan fingerprint density at radius 3 is 2.07 bits per heavy atom. The number of hydrogen-bond acceptors (Lipinski definition) is 8. The van der Waals surface area contributed by atoms with Crippen molar-refractivity contribution in [1.29, 1.82) is 0 Å². The Hall–Kier alpha value is -3.63. The minimum absolute atomic E-state index is 0.0471. The van der Waals surface area contributed by atoms with Crippen LogP contribution < -0.4 is 32.4 Å². The average Bonchev–Trinajstić information content (AvgIpc) is 2.69. The molecule has 0 heterocycles. The topological polar surface area (TPSA) is 137 Å². The minimum Gasteiger partial charge on any atom is -0.287 e. The van der Waals surface area contributed by atoms with Gasteiger partial charge in [0, 0.05) is 0 Å². The Labute approximate surface area is 171 Å². The first-order valence-electron chi connectivity index (χ1n) is 8.74. The number of nitrogens with one attached hydrogen (secondary N) is 2. The predicted octanol–water partition coefficient (Wildman–Crippen LogP) is 1.00. The Kier molecular flexibility index (Phi) is 5.90. The van der Waals surface area contributed by atoms with Crippen molar-refractivity contribution in [3.63, 3.8) is 0 Å². The molecule has 0 saturated heterocycles. The zero-order valence-corrected chi connectivity index (χ0v) is 16.9. The molecule has 154 valence electrons. The summed E-state index contributed by atoms with van der Waals surface area (Å²) in [5.74, 6) is 0.